The van der Waals surface area contributed by atoms with Crippen molar-refractivity contribution in [3.05, 3.63) is 0 Å². The second-order valence-electron chi connectivity index (χ2n) is 4.11. The van der Waals surface area contributed by atoms with Crippen LogP contribution in [0, 0.1) is 5.41 Å². The van der Waals surface area contributed by atoms with Gasteiger partial charge in [-0.3, -0.25) is 4.79 Å². The average Bonchev–Trinajstić information content (AvgIpc) is 2.45. The summed E-state index contributed by atoms with van der Waals surface area (Å²) >= 11 is 0. The van der Waals surface area contributed by atoms with Crippen molar-refractivity contribution in [2.75, 3.05) is 6.61 Å². The molecule has 2 unspecified atom stereocenters. The van der Waals surface area contributed by atoms with E-state index >= 15 is 0 Å². The predicted molar refractivity (Wildman–Crippen MR) is 44.3 cm³/mol. The van der Waals surface area contributed by atoms with Gasteiger partial charge in [-0.25, -0.2) is 0 Å². The molecular formula is C9H14O4. The van der Waals surface area contributed by atoms with Gasteiger partial charge in [0.25, 0.3) is 0 Å². The lowest BCUT2D eigenvalue weighted by Gasteiger charge is -2.35. The van der Waals surface area contributed by atoms with Gasteiger partial charge in [-0.05, 0) is 25.7 Å². The Kier molecular flexibility index (Phi) is 2.04. The zero-order valence-corrected chi connectivity index (χ0v) is 7.40. The van der Waals surface area contributed by atoms with Crippen molar-refractivity contribution in [2.45, 2.75) is 37.9 Å². The molecule has 2 heterocycles. The SMILES string of the molecule is O=C(O)C1(CO)CC2CCC(C1)O2. The number of ether oxygens (including phenoxy) is 1. The molecule has 2 rings (SSSR count). The number of carbonyl (C=O) groups is 1. The van der Waals surface area contributed by atoms with Crippen LogP contribution in [0.2, 0.25) is 0 Å². The molecule has 2 fully saturated rings. The summed E-state index contributed by atoms with van der Waals surface area (Å²) in [5, 5.41) is 18.2. The highest BCUT2D eigenvalue weighted by atomic mass is 16.5. The fourth-order valence-electron chi connectivity index (χ4n) is 2.41. The molecule has 2 aliphatic rings. The summed E-state index contributed by atoms with van der Waals surface area (Å²) in [7, 11) is 0. The minimum atomic E-state index is -0.927. The number of rotatable bonds is 2. The van der Waals surface area contributed by atoms with E-state index in [1.54, 1.807) is 0 Å². The summed E-state index contributed by atoms with van der Waals surface area (Å²) in [5.41, 5.74) is -0.927. The molecule has 4 heteroatoms. The summed E-state index contributed by atoms with van der Waals surface area (Å²) < 4.78 is 5.53. The van der Waals surface area contributed by atoms with Crippen LogP contribution in [-0.4, -0.2) is 35.0 Å². The summed E-state index contributed by atoms with van der Waals surface area (Å²) in [6.45, 7) is -0.265. The summed E-state index contributed by atoms with van der Waals surface area (Å²) in [4.78, 5) is 11.0. The molecule has 2 N–H and O–H groups in total. The smallest absolute Gasteiger partial charge is 0.312 e. The van der Waals surface area contributed by atoms with Crippen molar-refractivity contribution < 1.29 is 19.7 Å². The molecule has 0 amide bonds. The Hall–Kier alpha value is -0.610. The monoisotopic (exact) mass is 186 g/mol. The van der Waals surface area contributed by atoms with Crippen LogP contribution < -0.4 is 0 Å². The summed E-state index contributed by atoms with van der Waals surface area (Å²) in [6, 6.07) is 0. The first-order chi connectivity index (χ1) is 6.16. The van der Waals surface area contributed by atoms with Gasteiger partial charge in [0.05, 0.1) is 24.2 Å². The minimum Gasteiger partial charge on any atom is -0.481 e. The zero-order chi connectivity index (χ0) is 9.47. The molecule has 2 aliphatic heterocycles. The lowest BCUT2D eigenvalue weighted by molar-refractivity contribution is -0.164. The molecule has 2 saturated heterocycles. The molecule has 0 spiro atoms. The number of carboxylic acids is 1. The Morgan fingerprint density at radius 3 is 2.31 bits per heavy atom. The minimum absolute atomic E-state index is 0.0574. The van der Waals surface area contributed by atoms with E-state index in [1.165, 1.54) is 0 Å². The molecule has 0 radical (unpaired) electrons. The predicted octanol–water partition coefficient (Wildman–Crippen LogP) is 0.391. The normalized spacial score (nSPS) is 43.5. The first-order valence-corrected chi connectivity index (χ1v) is 4.66. The van der Waals surface area contributed by atoms with Gasteiger partial charge in [-0.1, -0.05) is 0 Å². The zero-order valence-electron chi connectivity index (χ0n) is 7.40. The second-order valence-corrected chi connectivity index (χ2v) is 4.11. The third-order valence-electron chi connectivity index (χ3n) is 3.19. The first-order valence-electron chi connectivity index (χ1n) is 4.66. The van der Waals surface area contributed by atoms with Crippen LogP contribution in [0.1, 0.15) is 25.7 Å². The number of hydrogen-bond donors (Lipinski definition) is 2. The molecule has 0 aromatic heterocycles. The van der Waals surface area contributed by atoms with E-state index in [2.05, 4.69) is 0 Å². The first kappa shape index (κ1) is 8.97. The Balaban J connectivity index is 2.18. The van der Waals surface area contributed by atoms with Crippen molar-refractivity contribution in [1.29, 1.82) is 0 Å². The number of fused-ring (bicyclic) bond motifs is 2. The molecule has 0 aromatic carbocycles. The third-order valence-corrected chi connectivity index (χ3v) is 3.19. The van der Waals surface area contributed by atoms with Crippen LogP contribution in [0.25, 0.3) is 0 Å². The van der Waals surface area contributed by atoms with Gasteiger partial charge in [0.15, 0.2) is 0 Å². The lowest BCUT2D eigenvalue weighted by Crippen LogP contribution is -2.44. The highest BCUT2D eigenvalue weighted by molar-refractivity contribution is 5.75. The number of carboxylic acid groups (broad SMARTS) is 1. The van der Waals surface area contributed by atoms with Gasteiger partial charge in [-0.15, -0.1) is 0 Å². The maximum Gasteiger partial charge on any atom is 0.312 e. The average molecular weight is 186 g/mol. The van der Waals surface area contributed by atoms with Gasteiger partial charge in [0, 0.05) is 0 Å². The van der Waals surface area contributed by atoms with Crippen molar-refractivity contribution in [1.82, 2.24) is 0 Å². The van der Waals surface area contributed by atoms with Crippen LogP contribution in [0.4, 0.5) is 0 Å². The highest BCUT2D eigenvalue weighted by Gasteiger charge is 2.49. The second kappa shape index (κ2) is 2.96. The van der Waals surface area contributed by atoms with Crippen LogP contribution in [0.3, 0.4) is 0 Å². The van der Waals surface area contributed by atoms with E-state index < -0.39 is 11.4 Å². The quantitative estimate of drug-likeness (QED) is 0.654. The van der Waals surface area contributed by atoms with E-state index in [-0.39, 0.29) is 18.8 Å². The largest absolute Gasteiger partial charge is 0.481 e. The van der Waals surface area contributed by atoms with Crippen LogP contribution in [0.5, 0.6) is 0 Å². The fraction of sp³-hybridized carbons (Fsp3) is 0.889. The molecule has 0 saturated carbocycles. The van der Waals surface area contributed by atoms with Crippen molar-refractivity contribution in [3.8, 4) is 0 Å². The molecule has 13 heavy (non-hydrogen) atoms. The lowest BCUT2D eigenvalue weighted by atomic mass is 9.78. The maximum absolute atomic E-state index is 11.0. The van der Waals surface area contributed by atoms with Crippen molar-refractivity contribution >= 4 is 5.97 Å². The molecule has 0 aromatic rings. The van der Waals surface area contributed by atoms with E-state index in [0.29, 0.717) is 12.8 Å². The fourth-order valence-corrected chi connectivity index (χ4v) is 2.41. The summed E-state index contributed by atoms with van der Waals surface area (Å²) in [6.07, 6.45) is 2.94. The molecule has 74 valence electrons. The van der Waals surface area contributed by atoms with Crippen molar-refractivity contribution in [2.24, 2.45) is 5.41 Å². The van der Waals surface area contributed by atoms with Crippen molar-refractivity contribution in [3.63, 3.8) is 0 Å². The molecule has 2 bridgehead atoms. The molecule has 4 nitrogen and oxygen atoms in total. The highest BCUT2D eigenvalue weighted by Crippen LogP contribution is 2.43. The van der Waals surface area contributed by atoms with E-state index in [1.807, 2.05) is 0 Å². The van der Waals surface area contributed by atoms with Crippen LogP contribution in [-0.2, 0) is 9.53 Å². The van der Waals surface area contributed by atoms with Crippen LogP contribution in [0.15, 0.2) is 0 Å². The van der Waals surface area contributed by atoms with Gasteiger partial charge < -0.3 is 14.9 Å². The topological polar surface area (TPSA) is 66.8 Å². The standard InChI is InChI=1S/C9H14O4/c10-5-9(8(11)12)3-6-1-2-7(4-9)13-6/h6-7,10H,1-5H2,(H,11,12). The Morgan fingerprint density at radius 2 is 1.92 bits per heavy atom. The summed E-state index contributed by atoms with van der Waals surface area (Å²) in [5.74, 6) is -0.879. The molecule has 0 aliphatic carbocycles. The Bertz CT molecular complexity index is 214. The van der Waals surface area contributed by atoms with E-state index in [0.717, 1.165) is 12.8 Å². The Labute approximate surface area is 76.5 Å². The van der Waals surface area contributed by atoms with Gasteiger partial charge in [0.2, 0.25) is 0 Å². The Morgan fingerprint density at radius 1 is 1.38 bits per heavy atom. The van der Waals surface area contributed by atoms with Gasteiger partial charge in [0.1, 0.15) is 0 Å². The van der Waals surface area contributed by atoms with Crippen LogP contribution >= 0.6 is 0 Å². The molecular weight excluding hydrogens is 172 g/mol. The number of aliphatic hydroxyl groups excluding tert-OH is 1. The number of hydrogen-bond acceptors (Lipinski definition) is 3. The van der Waals surface area contributed by atoms with Gasteiger partial charge in [-0.2, -0.15) is 0 Å². The van der Waals surface area contributed by atoms with Gasteiger partial charge >= 0.3 is 5.97 Å². The maximum atomic E-state index is 11.0. The van der Waals surface area contributed by atoms with E-state index in [4.69, 9.17) is 14.9 Å². The molecule has 2 atom stereocenters. The number of aliphatic carboxylic acids is 1. The third kappa shape index (κ3) is 1.34. The number of aliphatic hydroxyl groups is 1. The van der Waals surface area contributed by atoms with E-state index in [9.17, 15) is 4.79 Å².